The molecule has 2 unspecified atom stereocenters. The molecule has 4 nitrogen and oxygen atoms in total. The first-order valence-electron chi connectivity index (χ1n) is 7.60. The molecule has 0 radical (unpaired) electrons. The molecule has 2 heterocycles. The van der Waals surface area contributed by atoms with E-state index in [-0.39, 0.29) is 6.04 Å². The molecular formula is C16H28N4. The van der Waals surface area contributed by atoms with E-state index >= 15 is 0 Å². The minimum Gasteiger partial charge on any atom is -0.355 e. The first kappa shape index (κ1) is 15.3. The Balaban J connectivity index is 2.11. The Hall–Kier alpha value is -1.13. The number of piperidine rings is 1. The van der Waals surface area contributed by atoms with Gasteiger partial charge in [-0.1, -0.05) is 6.07 Å². The Kier molecular flexibility index (Phi) is 5.00. The van der Waals surface area contributed by atoms with Gasteiger partial charge >= 0.3 is 0 Å². The van der Waals surface area contributed by atoms with E-state index in [1.807, 2.05) is 13.1 Å². The van der Waals surface area contributed by atoms with Crippen molar-refractivity contribution in [3.8, 4) is 0 Å². The molecule has 4 heteroatoms. The minimum absolute atomic E-state index is 0.187. The lowest BCUT2D eigenvalue weighted by atomic mass is 10.0. The number of hydrogen-bond donors (Lipinski definition) is 1. The molecule has 1 fully saturated rings. The fourth-order valence-electron chi connectivity index (χ4n) is 3.11. The highest BCUT2D eigenvalue weighted by molar-refractivity contribution is 5.47. The summed E-state index contributed by atoms with van der Waals surface area (Å²) in [5, 5.41) is 0. The maximum Gasteiger partial charge on any atom is 0.131 e. The van der Waals surface area contributed by atoms with Crippen molar-refractivity contribution in [1.82, 2.24) is 9.88 Å². The summed E-state index contributed by atoms with van der Waals surface area (Å²) < 4.78 is 0. The summed E-state index contributed by atoms with van der Waals surface area (Å²) >= 11 is 0. The van der Waals surface area contributed by atoms with E-state index in [0.29, 0.717) is 6.04 Å². The molecule has 2 N–H and O–H groups in total. The molecule has 0 spiro atoms. The van der Waals surface area contributed by atoms with Gasteiger partial charge in [-0.15, -0.1) is 0 Å². The van der Waals surface area contributed by atoms with Crippen molar-refractivity contribution in [1.29, 1.82) is 0 Å². The van der Waals surface area contributed by atoms with Crippen LogP contribution in [-0.4, -0.2) is 49.2 Å². The summed E-state index contributed by atoms with van der Waals surface area (Å²) in [6, 6.07) is 2.99. The van der Waals surface area contributed by atoms with Crippen LogP contribution in [0.5, 0.6) is 0 Å². The second-order valence-electron chi connectivity index (χ2n) is 6.33. The van der Waals surface area contributed by atoms with Gasteiger partial charge in [0.1, 0.15) is 5.82 Å². The van der Waals surface area contributed by atoms with Crippen LogP contribution in [0.4, 0.5) is 5.82 Å². The van der Waals surface area contributed by atoms with Crippen molar-refractivity contribution < 1.29 is 0 Å². The average Bonchev–Trinajstić information content (AvgIpc) is 2.37. The van der Waals surface area contributed by atoms with Crippen molar-refractivity contribution >= 4 is 5.82 Å². The van der Waals surface area contributed by atoms with Crippen LogP contribution in [0.1, 0.15) is 30.9 Å². The van der Waals surface area contributed by atoms with Gasteiger partial charge in [0.05, 0.1) is 0 Å². The summed E-state index contributed by atoms with van der Waals surface area (Å²) in [5.74, 6) is 1.11. The van der Waals surface area contributed by atoms with Crippen LogP contribution in [0.2, 0.25) is 0 Å². The lowest BCUT2D eigenvalue weighted by molar-refractivity contribution is 0.247. The quantitative estimate of drug-likeness (QED) is 0.911. The van der Waals surface area contributed by atoms with Gasteiger partial charge in [-0.25, -0.2) is 4.98 Å². The number of hydrogen-bond acceptors (Lipinski definition) is 4. The van der Waals surface area contributed by atoms with E-state index in [1.165, 1.54) is 30.5 Å². The normalized spacial score (nSPS) is 21.8. The predicted octanol–water partition coefficient (Wildman–Crippen LogP) is 1.81. The third-order valence-electron chi connectivity index (χ3n) is 4.15. The second-order valence-corrected chi connectivity index (χ2v) is 6.33. The third kappa shape index (κ3) is 3.70. The van der Waals surface area contributed by atoms with Gasteiger partial charge in [0.2, 0.25) is 0 Å². The molecule has 1 aliphatic heterocycles. The van der Waals surface area contributed by atoms with E-state index in [2.05, 4.69) is 41.9 Å². The Bertz CT molecular complexity index is 444. The number of likely N-dealkylation sites (tertiary alicyclic amines) is 1. The van der Waals surface area contributed by atoms with Crippen LogP contribution < -0.4 is 10.6 Å². The second kappa shape index (κ2) is 6.55. The van der Waals surface area contributed by atoms with Gasteiger partial charge in [-0.3, -0.25) is 0 Å². The molecule has 20 heavy (non-hydrogen) atoms. The van der Waals surface area contributed by atoms with Gasteiger partial charge in [-0.2, -0.15) is 0 Å². The molecule has 1 saturated heterocycles. The van der Waals surface area contributed by atoms with Crippen LogP contribution in [0.15, 0.2) is 12.3 Å². The monoisotopic (exact) mass is 276 g/mol. The molecule has 2 rings (SSSR count). The summed E-state index contributed by atoms with van der Waals surface area (Å²) in [5.41, 5.74) is 8.34. The van der Waals surface area contributed by atoms with Crippen molar-refractivity contribution in [2.45, 2.75) is 45.2 Å². The first-order chi connectivity index (χ1) is 9.47. The van der Waals surface area contributed by atoms with E-state index < -0.39 is 0 Å². The first-order valence-corrected chi connectivity index (χ1v) is 7.60. The summed E-state index contributed by atoms with van der Waals surface area (Å²) in [4.78, 5) is 9.44. The SMILES string of the molecule is Cc1cc(CC(C)N)cnc1N(C)C1CCCN(C)C1. The molecule has 1 aliphatic rings. The average molecular weight is 276 g/mol. The maximum absolute atomic E-state index is 5.86. The molecule has 112 valence electrons. The van der Waals surface area contributed by atoms with Crippen molar-refractivity contribution in [2.24, 2.45) is 5.73 Å². The van der Waals surface area contributed by atoms with E-state index in [0.717, 1.165) is 18.8 Å². The Labute approximate surface area is 123 Å². The topological polar surface area (TPSA) is 45.4 Å². The zero-order chi connectivity index (χ0) is 14.7. The number of pyridine rings is 1. The van der Waals surface area contributed by atoms with Crippen molar-refractivity contribution in [3.63, 3.8) is 0 Å². The fraction of sp³-hybridized carbons (Fsp3) is 0.688. The predicted molar refractivity (Wildman–Crippen MR) is 85.2 cm³/mol. The maximum atomic E-state index is 5.86. The zero-order valence-electron chi connectivity index (χ0n) is 13.3. The highest BCUT2D eigenvalue weighted by Gasteiger charge is 2.22. The van der Waals surface area contributed by atoms with Gasteiger partial charge in [0, 0.05) is 31.9 Å². The van der Waals surface area contributed by atoms with Crippen LogP contribution in [0.3, 0.4) is 0 Å². The van der Waals surface area contributed by atoms with Crippen LogP contribution in [-0.2, 0) is 6.42 Å². The van der Waals surface area contributed by atoms with E-state index in [9.17, 15) is 0 Å². The zero-order valence-corrected chi connectivity index (χ0v) is 13.3. The standard InChI is InChI=1S/C16H28N4/c1-12-8-14(9-13(2)17)10-18-16(12)20(4)15-6-5-7-19(3)11-15/h8,10,13,15H,5-7,9,11,17H2,1-4H3. The van der Waals surface area contributed by atoms with Crippen LogP contribution in [0.25, 0.3) is 0 Å². The molecule has 0 amide bonds. The number of likely N-dealkylation sites (N-methyl/N-ethyl adjacent to an activating group) is 2. The number of nitrogens with two attached hydrogens (primary N) is 1. The number of rotatable bonds is 4. The number of anilines is 1. The van der Waals surface area contributed by atoms with Gasteiger partial charge in [0.15, 0.2) is 0 Å². The summed E-state index contributed by atoms with van der Waals surface area (Å²) in [6.07, 6.45) is 5.40. The van der Waals surface area contributed by atoms with Crippen molar-refractivity contribution in [2.75, 3.05) is 32.1 Å². The largest absolute Gasteiger partial charge is 0.355 e. The molecule has 1 aromatic rings. The Morgan fingerprint density at radius 1 is 1.55 bits per heavy atom. The summed E-state index contributed by atoms with van der Waals surface area (Å²) in [7, 11) is 4.37. The van der Waals surface area contributed by atoms with E-state index in [4.69, 9.17) is 5.73 Å². The number of aromatic nitrogens is 1. The lowest BCUT2D eigenvalue weighted by Crippen LogP contribution is -2.45. The third-order valence-corrected chi connectivity index (χ3v) is 4.15. The number of nitrogens with zero attached hydrogens (tertiary/aromatic N) is 3. The van der Waals surface area contributed by atoms with Crippen LogP contribution >= 0.6 is 0 Å². The molecule has 0 aliphatic carbocycles. The minimum atomic E-state index is 0.187. The highest BCUT2D eigenvalue weighted by Crippen LogP contribution is 2.23. The van der Waals surface area contributed by atoms with E-state index in [1.54, 1.807) is 0 Å². The Morgan fingerprint density at radius 3 is 2.90 bits per heavy atom. The molecule has 0 bridgehead atoms. The number of aryl methyl sites for hydroxylation is 1. The van der Waals surface area contributed by atoms with Gasteiger partial charge in [-0.05, 0) is 57.8 Å². The Morgan fingerprint density at radius 2 is 2.30 bits per heavy atom. The molecule has 0 aromatic carbocycles. The smallest absolute Gasteiger partial charge is 0.131 e. The molecular weight excluding hydrogens is 248 g/mol. The molecule has 1 aromatic heterocycles. The van der Waals surface area contributed by atoms with Gasteiger partial charge in [0.25, 0.3) is 0 Å². The highest BCUT2D eigenvalue weighted by atomic mass is 15.2. The summed E-state index contributed by atoms with van der Waals surface area (Å²) in [6.45, 7) is 6.52. The fourth-order valence-corrected chi connectivity index (χ4v) is 3.11. The molecule has 2 atom stereocenters. The lowest BCUT2D eigenvalue weighted by Gasteiger charge is -2.37. The van der Waals surface area contributed by atoms with Gasteiger partial charge < -0.3 is 15.5 Å². The van der Waals surface area contributed by atoms with Crippen molar-refractivity contribution in [3.05, 3.63) is 23.4 Å². The molecule has 0 saturated carbocycles. The van der Waals surface area contributed by atoms with Crippen LogP contribution in [0, 0.1) is 6.92 Å².